The number of aromatic nitrogens is 1. The van der Waals surface area contributed by atoms with E-state index in [2.05, 4.69) is 15.2 Å². The second kappa shape index (κ2) is 8.91. The maximum Gasteiger partial charge on any atom is 0.410 e. The molecule has 0 spiro atoms. The SMILES string of the molecule is CC(C)(C)OC(=O)N1CCN(CCCNc2nc3ccc([N+](=O)[O-])cc3s2)CC1. The molecule has 1 aliphatic heterocycles. The molecule has 9 nitrogen and oxygen atoms in total. The molecule has 1 aromatic carbocycles. The number of fused-ring (bicyclic) bond motifs is 1. The summed E-state index contributed by atoms with van der Waals surface area (Å²) in [5, 5.41) is 14.9. The molecule has 2 heterocycles. The summed E-state index contributed by atoms with van der Waals surface area (Å²) in [7, 11) is 0. The maximum atomic E-state index is 12.1. The van der Waals surface area contributed by atoms with E-state index in [1.54, 1.807) is 17.0 Å². The number of carbonyl (C=O) groups is 1. The summed E-state index contributed by atoms with van der Waals surface area (Å²) in [6, 6.07) is 4.71. The molecule has 29 heavy (non-hydrogen) atoms. The van der Waals surface area contributed by atoms with Gasteiger partial charge in [-0.3, -0.25) is 15.0 Å². The molecular weight excluding hydrogens is 394 g/mol. The van der Waals surface area contributed by atoms with Gasteiger partial charge in [0.2, 0.25) is 0 Å². The topological polar surface area (TPSA) is 101 Å². The Kier molecular flexibility index (Phi) is 6.53. The number of ether oxygens (including phenoxy) is 1. The molecule has 1 amide bonds. The maximum absolute atomic E-state index is 12.1. The summed E-state index contributed by atoms with van der Waals surface area (Å²) in [4.78, 5) is 31.2. The Morgan fingerprint density at radius 2 is 2.03 bits per heavy atom. The van der Waals surface area contributed by atoms with Crippen LogP contribution in [0.4, 0.5) is 15.6 Å². The van der Waals surface area contributed by atoms with Crippen molar-refractivity contribution in [2.45, 2.75) is 32.8 Å². The minimum absolute atomic E-state index is 0.0817. The van der Waals surface area contributed by atoms with E-state index in [0.717, 1.165) is 47.9 Å². The lowest BCUT2D eigenvalue weighted by Gasteiger charge is -2.35. The van der Waals surface area contributed by atoms with Crippen LogP contribution in [0.2, 0.25) is 0 Å². The number of nitrogens with zero attached hydrogens (tertiary/aromatic N) is 4. The van der Waals surface area contributed by atoms with E-state index in [0.29, 0.717) is 13.1 Å². The number of amides is 1. The number of piperazine rings is 1. The van der Waals surface area contributed by atoms with Crippen molar-refractivity contribution in [3.8, 4) is 0 Å². The van der Waals surface area contributed by atoms with Gasteiger partial charge in [0.05, 0.1) is 15.1 Å². The highest BCUT2D eigenvalue weighted by molar-refractivity contribution is 7.22. The van der Waals surface area contributed by atoms with Crippen molar-refractivity contribution in [3.05, 3.63) is 28.3 Å². The smallest absolute Gasteiger partial charge is 0.410 e. The number of nitro benzene ring substituents is 1. The van der Waals surface area contributed by atoms with Crippen LogP contribution >= 0.6 is 11.3 Å². The molecular formula is C19H27N5O4S. The summed E-state index contributed by atoms with van der Waals surface area (Å²) in [6.07, 6.45) is 0.706. The highest BCUT2D eigenvalue weighted by Crippen LogP contribution is 2.29. The summed E-state index contributed by atoms with van der Waals surface area (Å²) in [5.74, 6) is 0. The van der Waals surface area contributed by atoms with E-state index in [9.17, 15) is 14.9 Å². The van der Waals surface area contributed by atoms with Crippen molar-refractivity contribution in [1.82, 2.24) is 14.8 Å². The summed E-state index contributed by atoms with van der Waals surface area (Å²) >= 11 is 1.42. The zero-order chi connectivity index (χ0) is 21.0. The molecule has 10 heteroatoms. The first-order chi connectivity index (χ1) is 13.7. The van der Waals surface area contributed by atoms with Gasteiger partial charge in [0, 0.05) is 44.9 Å². The molecule has 1 fully saturated rings. The molecule has 2 aromatic rings. The Balaban J connectivity index is 1.39. The number of thiazole rings is 1. The summed E-state index contributed by atoms with van der Waals surface area (Å²) in [5.41, 5.74) is 0.380. The number of rotatable bonds is 6. The number of hydrogen-bond donors (Lipinski definition) is 1. The minimum Gasteiger partial charge on any atom is -0.444 e. The van der Waals surface area contributed by atoms with Gasteiger partial charge >= 0.3 is 6.09 Å². The van der Waals surface area contributed by atoms with Crippen LogP contribution in [-0.4, -0.2) is 70.7 Å². The van der Waals surface area contributed by atoms with Crippen LogP contribution < -0.4 is 5.32 Å². The molecule has 0 aliphatic carbocycles. The first-order valence-electron chi connectivity index (χ1n) is 9.70. The van der Waals surface area contributed by atoms with E-state index in [-0.39, 0.29) is 11.8 Å². The van der Waals surface area contributed by atoms with Gasteiger partial charge in [0.1, 0.15) is 5.60 Å². The fraction of sp³-hybridized carbons (Fsp3) is 0.579. The summed E-state index contributed by atoms with van der Waals surface area (Å²) in [6.45, 7) is 10.4. The van der Waals surface area contributed by atoms with E-state index in [1.807, 2.05) is 20.8 Å². The van der Waals surface area contributed by atoms with Gasteiger partial charge in [0.15, 0.2) is 5.13 Å². The zero-order valence-electron chi connectivity index (χ0n) is 17.0. The molecule has 158 valence electrons. The second-order valence-electron chi connectivity index (χ2n) is 8.02. The number of benzene rings is 1. The molecule has 0 unspecified atom stereocenters. The predicted molar refractivity (Wildman–Crippen MR) is 114 cm³/mol. The van der Waals surface area contributed by atoms with E-state index < -0.39 is 10.5 Å². The van der Waals surface area contributed by atoms with Crippen LogP contribution in [0.15, 0.2) is 18.2 Å². The average molecular weight is 422 g/mol. The van der Waals surface area contributed by atoms with Gasteiger partial charge in [0.25, 0.3) is 5.69 Å². The third kappa shape index (κ3) is 6.01. The Morgan fingerprint density at radius 1 is 1.31 bits per heavy atom. The van der Waals surface area contributed by atoms with Crippen molar-refractivity contribution in [2.24, 2.45) is 0 Å². The molecule has 1 aliphatic rings. The number of anilines is 1. The van der Waals surface area contributed by atoms with Crippen LogP contribution in [0.3, 0.4) is 0 Å². The van der Waals surface area contributed by atoms with E-state index in [1.165, 1.54) is 17.4 Å². The fourth-order valence-corrected chi connectivity index (χ4v) is 4.01. The third-order valence-electron chi connectivity index (χ3n) is 4.53. The minimum atomic E-state index is -0.467. The van der Waals surface area contributed by atoms with Gasteiger partial charge in [-0.05, 0) is 39.8 Å². The monoisotopic (exact) mass is 421 g/mol. The average Bonchev–Trinajstić information content (AvgIpc) is 3.06. The summed E-state index contributed by atoms with van der Waals surface area (Å²) < 4.78 is 6.23. The van der Waals surface area contributed by atoms with Crippen molar-refractivity contribution in [2.75, 3.05) is 44.6 Å². The number of hydrogen-bond acceptors (Lipinski definition) is 8. The molecule has 1 saturated heterocycles. The fourth-order valence-electron chi connectivity index (χ4n) is 3.08. The van der Waals surface area contributed by atoms with Gasteiger partial charge in [-0.1, -0.05) is 11.3 Å². The first kappa shape index (κ1) is 21.3. The number of non-ortho nitro benzene ring substituents is 1. The molecule has 0 atom stereocenters. The lowest BCUT2D eigenvalue weighted by Crippen LogP contribution is -2.50. The number of nitrogens with one attached hydrogen (secondary N) is 1. The van der Waals surface area contributed by atoms with Crippen LogP contribution in [0.25, 0.3) is 10.2 Å². The van der Waals surface area contributed by atoms with E-state index >= 15 is 0 Å². The molecule has 0 bridgehead atoms. The number of nitro groups is 1. The first-order valence-corrected chi connectivity index (χ1v) is 10.5. The zero-order valence-corrected chi connectivity index (χ0v) is 17.8. The van der Waals surface area contributed by atoms with Crippen molar-refractivity contribution < 1.29 is 14.5 Å². The van der Waals surface area contributed by atoms with Crippen LogP contribution in [0.5, 0.6) is 0 Å². The molecule has 0 radical (unpaired) electrons. The van der Waals surface area contributed by atoms with Gasteiger partial charge in [-0.15, -0.1) is 0 Å². The lowest BCUT2D eigenvalue weighted by molar-refractivity contribution is -0.384. The van der Waals surface area contributed by atoms with Crippen LogP contribution in [0.1, 0.15) is 27.2 Å². The highest BCUT2D eigenvalue weighted by atomic mass is 32.1. The van der Waals surface area contributed by atoms with Crippen molar-refractivity contribution >= 4 is 38.5 Å². The van der Waals surface area contributed by atoms with E-state index in [4.69, 9.17) is 4.74 Å². The molecule has 1 aromatic heterocycles. The second-order valence-corrected chi connectivity index (χ2v) is 9.05. The predicted octanol–water partition coefficient (Wildman–Crippen LogP) is 3.56. The lowest BCUT2D eigenvalue weighted by atomic mass is 10.2. The molecule has 0 saturated carbocycles. The van der Waals surface area contributed by atoms with Crippen molar-refractivity contribution in [1.29, 1.82) is 0 Å². The number of carbonyl (C=O) groups excluding carboxylic acids is 1. The Labute approximate surface area is 173 Å². The molecule has 3 rings (SSSR count). The Bertz CT molecular complexity index is 871. The van der Waals surface area contributed by atoms with Crippen LogP contribution in [-0.2, 0) is 4.74 Å². The third-order valence-corrected chi connectivity index (χ3v) is 5.51. The Hall–Kier alpha value is -2.46. The van der Waals surface area contributed by atoms with Crippen LogP contribution in [0, 0.1) is 10.1 Å². The normalized spacial score (nSPS) is 15.5. The molecule has 1 N–H and O–H groups in total. The highest BCUT2D eigenvalue weighted by Gasteiger charge is 2.25. The van der Waals surface area contributed by atoms with Crippen molar-refractivity contribution in [3.63, 3.8) is 0 Å². The largest absolute Gasteiger partial charge is 0.444 e. The Morgan fingerprint density at radius 3 is 2.69 bits per heavy atom. The van der Waals surface area contributed by atoms with Gasteiger partial charge < -0.3 is 15.0 Å². The van der Waals surface area contributed by atoms with Gasteiger partial charge in [-0.2, -0.15) is 0 Å². The standard InChI is InChI=1S/C19H27N5O4S/c1-19(2,3)28-18(25)23-11-9-22(10-12-23)8-4-7-20-17-21-15-6-5-14(24(26)27)13-16(15)29-17/h5-6,13H,4,7-12H2,1-3H3,(H,20,21). The quantitative estimate of drug-likeness (QED) is 0.432. The van der Waals surface area contributed by atoms with Gasteiger partial charge in [-0.25, -0.2) is 9.78 Å².